The van der Waals surface area contributed by atoms with Crippen molar-refractivity contribution < 1.29 is 35.5 Å². The van der Waals surface area contributed by atoms with Crippen molar-refractivity contribution in [1.29, 1.82) is 0 Å². The summed E-state index contributed by atoms with van der Waals surface area (Å²) in [5, 5.41) is 0. The summed E-state index contributed by atoms with van der Waals surface area (Å²) in [7, 11) is 0. The van der Waals surface area contributed by atoms with E-state index < -0.39 is 24.6 Å². The van der Waals surface area contributed by atoms with Crippen molar-refractivity contribution in [1.82, 2.24) is 4.98 Å². The Bertz CT molecular complexity index is 444. The van der Waals surface area contributed by atoms with Crippen LogP contribution in [-0.2, 0) is 0 Å². The topological polar surface area (TPSA) is 22.1 Å². The van der Waals surface area contributed by atoms with Gasteiger partial charge in [-0.15, -0.1) is 0 Å². The van der Waals surface area contributed by atoms with Crippen molar-refractivity contribution in [3.05, 3.63) is 24.0 Å². The van der Waals surface area contributed by atoms with Gasteiger partial charge < -0.3 is 4.74 Å². The van der Waals surface area contributed by atoms with Crippen LogP contribution in [0, 0.1) is 6.92 Å². The van der Waals surface area contributed by atoms with Crippen LogP contribution in [0.4, 0.5) is 30.7 Å². The van der Waals surface area contributed by atoms with E-state index in [1.807, 2.05) is 0 Å². The molecule has 0 fully saturated rings. The summed E-state index contributed by atoms with van der Waals surface area (Å²) in [5.41, 5.74) is 0.336. The van der Waals surface area contributed by atoms with Crippen LogP contribution in [0.2, 0.25) is 0 Å². The second kappa shape index (κ2) is 4.86. The molecule has 0 saturated heterocycles. The number of ether oxygens (including phenoxy) is 1. The van der Waals surface area contributed by atoms with Crippen LogP contribution in [0.15, 0.2) is 18.3 Å². The molecule has 1 aromatic rings. The molecule has 2 nitrogen and oxygen atoms in total. The lowest BCUT2D eigenvalue weighted by molar-refractivity contribution is -0.358. The molecule has 0 radical (unpaired) electrons. The van der Waals surface area contributed by atoms with Crippen LogP contribution in [0.3, 0.4) is 0 Å². The van der Waals surface area contributed by atoms with Gasteiger partial charge in [0.15, 0.2) is 6.61 Å². The average molecular weight is 291 g/mol. The minimum atomic E-state index is -6.35. The highest BCUT2D eigenvalue weighted by Crippen LogP contribution is 2.46. The van der Waals surface area contributed by atoms with Crippen molar-refractivity contribution >= 4 is 0 Å². The maximum Gasteiger partial charge on any atom is 0.460 e. The van der Waals surface area contributed by atoms with Gasteiger partial charge in [-0.1, -0.05) is 0 Å². The van der Waals surface area contributed by atoms with E-state index in [0.29, 0.717) is 5.69 Å². The van der Waals surface area contributed by atoms with Crippen molar-refractivity contribution in [2.45, 2.75) is 24.9 Å². The molecule has 0 unspecified atom stereocenters. The molecule has 0 aliphatic carbocycles. The van der Waals surface area contributed by atoms with Gasteiger partial charge in [-0.3, -0.25) is 4.98 Å². The normalized spacial score (nSPS) is 13.5. The zero-order valence-corrected chi connectivity index (χ0v) is 9.44. The van der Waals surface area contributed by atoms with Gasteiger partial charge in [0.05, 0.1) is 0 Å². The van der Waals surface area contributed by atoms with Gasteiger partial charge in [0.2, 0.25) is 0 Å². The highest BCUT2D eigenvalue weighted by atomic mass is 19.4. The molecule has 0 aliphatic heterocycles. The van der Waals surface area contributed by atoms with E-state index in [4.69, 9.17) is 0 Å². The second-order valence-electron chi connectivity index (χ2n) is 3.70. The number of hydrogen-bond donors (Lipinski definition) is 0. The van der Waals surface area contributed by atoms with Gasteiger partial charge in [-0.05, 0) is 13.0 Å². The highest BCUT2D eigenvalue weighted by molar-refractivity contribution is 5.21. The molecule has 1 rings (SSSR count). The molecule has 1 heterocycles. The smallest absolute Gasteiger partial charge is 0.460 e. The first-order valence-corrected chi connectivity index (χ1v) is 4.85. The molecular weight excluding hydrogens is 283 g/mol. The van der Waals surface area contributed by atoms with E-state index in [1.54, 1.807) is 0 Å². The number of alkyl halides is 7. The minimum absolute atomic E-state index is 0.273. The summed E-state index contributed by atoms with van der Waals surface area (Å²) in [6, 6.07) is 2.19. The third-order valence-electron chi connectivity index (χ3n) is 2.10. The first-order chi connectivity index (χ1) is 8.47. The molecule has 108 valence electrons. The molecule has 19 heavy (non-hydrogen) atoms. The van der Waals surface area contributed by atoms with Crippen molar-refractivity contribution in [3.8, 4) is 5.75 Å². The predicted molar refractivity (Wildman–Crippen MR) is 50.4 cm³/mol. The summed E-state index contributed by atoms with van der Waals surface area (Å²) in [6.07, 6.45) is -5.21. The zero-order valence-electron chi connectivity index (χ0n) is 9.44. The molecule has 0 bridgehead atoms. The van der Waals surface area contributed by atoms with E-state index in [1.165, 1.54) is 6.92 Å². The summed E-state index contributed by atoms with van der Waals surface area (Å²) < 4.78 is 90.5. The number of pyridine rings is 1. The Kier molecular flexibility index (Phi) is 3.97. The van der Waals surface area contributed by atoms with Crippen LogP contribution in [-0.4, -0.2) is 29.6 Å². The van der Waals surface area contributed by atoms with Crippen LogP contribution in [0.25, 0.3) is 0 Å². The Morgan fingerprint density at radius 2 is 1.68 bits per heavy atom. The van der Waals surface area contributed by atoms with Crippen molar-refractivity contribution in [3.63, 3.8) is 0 Å². The summed E-state index contributed by atoms with van der Waals surface area (Å²) in [5.74, 6) is -11.8. The molecule has 0 spiro atoms. The van der Waals surface area contributed by atoms with Gasteiger partial charge >= 0.3 is 18.0 Å². The molecule has 0 aliphatic rings. The van der Waals surface area contributed by atoms with Crippen molar-refractivity contribution in [2.24, 2.45) is 0 Å². The molecule has 0 atom stereocenters. The number of rotatable bonds is 4. The third-order valence-corrected chi connectivity index (χ3v) is 2.10. The van der Waals surface area contributed by atoms with Gasteiger partial charge in [0, 0.05) is 18.0 Å². The van der Waals surface area contributed by atoms with E-state index in [-0.39, 0.29) is 5.75 Å². The van der Waals surface area contributed by atoms with Gasteiger partial charge in [0.1, 0.15) is 5.75 Å². The monoisotopic (exact) mass is 291 g/mol. The highest BCUT2D eigenvalue weighted by Gasteiger charge is 2.73. The quantitative estimate of drug-likeness (QED) is 0.791. The standard InChI is InChI=1S/C10H8F7NO/c1-6-4-7(2-3-18-6)19-5-8(11,12)9(13,14)10(15,16)17/h2-4H,5H2,1H3. The molecule has 0 saturated carbocycles. The fraction of sp³-hybridized carbons (Fsp3) is 0.500. The lowest BCUT2D eigenvalue weighted by Crippen LogP contribution is -2.54. The molecule has 0 N–H and O–H groups in total. The fourth-order valence-corrected chi connectivity index (χ4v) is 1.08. The summed E-state index contributed by atoms with van der Waals surface area (Å²) >= 11 is 0. The second-order valence-corrected chi connectivity index (χ2v) is 3.70. The molecule has 1 aromatic heterocycles. The molecule has 0 amide bonds. The van der Waals surface area contributed by atoms with Gasteiger partial charge in [-0.25, -0.2) is 0 Å². The van der Waals surface area contributed by atoms with Crippen LogP contribution in [0.5, 0.6) is 5.75 Å². The Balaban J connectivity index is 2.81. The minimum Gasteiger partial charge on any atom is -0.487 e. The molecule has 9 heteroatoms. The molecule has 0 aromatic carbocycles. The summed E-state index contributed by atoms with van der Waals surface area (Å²) in [6.45, 7) is -0.627. The third kappa shape index (κ3) is 3.27. The SMILES string of the molecule is Cc1cc(OCC(F)(F)C(F)(F)C(F)(F)F)ccn1. The van der Waals surface area contributed by atoms with Crippen LogP contribution >= 0.6 is 0 Å². The average Bonchev–Trinajstić information content (AvgIpc) is 2.25. The van der Waals surface area contributed by atoms with E-state index in [0.717, 1.165) is 18.3 Å². The lowest BCUT2D eigenvalue weighted by atomic mass is 10.2. The van der Waals surface area contributed by atoms with Crippen LogP contribution < -0.4 is 4.74 Å². The number of nitrogens with zero attached hydrogens (tertiary/aromatic N) is 1. The molecular formula is C10H8F7NO. The van der Waals surface area contributed by atoms with E-state index in [2.05, 4.69) is 9.72 Å². The number of halogens is 7. The Morgan fingerprint density at radius 1 is 1.11 bits per heavy atom. The van der Waals surface area contributed by atoms with Crippen molar-refractivity contribution in [2.75, 3.05) is 6.61 Å². The fourth-order valence-electron chi connectivity index (χ4n) is 1.08. The predicted octanol–water partition coefficient (Wildman–Crippen LogP) is 3.60. The Hall–Kier alpha value is -1.54. The van der Waals surface area contributed by atoms with E-state index >= 15 is 0 Å². The first-order valence-electron chi connectivity index (χ1n) is 4.85. The zero-order chi connectivity index (χ0) is 14.9. The first kappa shape index (κ1) is 15.5. The maximum atomic E-state index is 12.9. The number of hydrogen-bond acceptors (Lipinski definition) is 2. The lowest BCUT2D eigenvalue weighted by Gasteiger charge is -2.27. The summed E-state index contributed by atoms with van der Waals surface area (Å²) in [4.78, 5) is 3.68. The van der Waals surface area contributed by atoms with Crippen LogP contribution in [0.1, 0.15) is 5.69 Å². The Morgan fingerprint density at radius 3 is 2.16 bits per heavy atom. The van der Waals surface area contributed by atoms with Gasteiger partial charge in [-0.2, -0.15) is 30.7 Å². The van der Waals surface area contributed by atoms with Gasteiger partial charge in [0.25, 0.3) is 0 Å². The number of aryl methyl sites for hydroxylation is 1. The Labute approximate surface area is 103 Å². The largest absolute Gasteiger partial charge is 0.487 e. The maximum absolute atomic E-state index is 12.9. The van der Waals surface area contributed by atoms with E-state index in [9.17, 15) is 30.7 Å². The number of aromatic nitrogens is 1.